The summed E-state index contributed by atoms with van der Waals surface area (Å²) in [6, 6.07) is 11.1. The third-order valence-electron chi connectivity index (χ3n) is 4.40. The Morgan fingerprint density at radius 1 is 1.00 bits per heavy atom. The number of thiocarbonyl (C=S) groups is 1. The van der Waals surface area contributed by atoms with Crippen LogP contribution in [0.3, 0.4) is 0 Å². The summed E-state index contributed by atoms with van der Waals surface area (Å²) in [5.74, 6) is 0. The van der Waals surface area contributed by atoms with Crippen molar-refractivity contribution < 1.29 is 0 Å². The molecule has 4 nitrogen and oxygen atoms in total. The first-order chi connectivity index (χ1) is 13.2. The zero-order chi connectivity index (χ0) is 20.4. The number of rotatable bonds is 4. The lowest BCUT2D eigenvalue weighted by atomic mass is 10.2. The molecule has 2 N–H and O–H groups in total. The minimum absolute atomic E-state index is 0.473. The predicted octanol–water partition coefficient (Wildman–Crippen LogP) is 6.63. The van der Waals surface area contributed by atoms with Gasteiger partial charge in [-0.1, -0.05) is 46.9 Å². The Bertz CT molecular complexity index is 1050. The molecule has 0 atom stereocenters. The second-order valence-corrected chi connectivity index (χ2v) is 8.17. The number of aromatic nitrogens is 2. The number of hydrogen-bond acceptors (Lipinski definition) is 2. The minimum Gasteiger partial charge on any atom is -0.332 e. The van der Waals surface area contributed by atoms with Gasteiger partial charge in [-0.2, -0.15) is 5.10 Å². The molecular weight excluding hydrogens is 435 g/mol. The molecule has 146 valence electrons. The molecule has 0 aliphatic rings. The highest BCUT2D eigenvalue weighted by Crippen LogP contribution is 2.26. The van der Waals surface area contributed by atoms with Crippen LogP contribution in [0.5, 0.6) is 0 Å². The van der Waals surface area contributed by atoms with Crippen molar-refractivity contribution >= 4 is 63.5 Å². The Morgan fingerprint density at radius 2 is 1.68 bits per heavy atom. The van der Waals surface area contributed by atoms with Crippen LogP contribution in [0.4, 0.5) is 11.4 Å². The second kappa shape index (κ2) is 8.70. The van der Waals surface area contributed by atoms with Crippen LogP contribution in [0, 0.1) is 20.8 Å². The average molecular weight is 454 g/mol. The molecule has 3 rings (SSSR count). The molecule has 0 bridgehead atoms. The van der Waals surface area contributed by atoms with Gasteiger partial charge in [-0.25, -0.2) is 0 Å². The molecule has 1 aromatic heterocycles. The average Bonchev–Trinajstić information content (AvgIpc) is 2.88. The summed E-state index contributed by atoms with van der Waals surface area (Å²) in [5.41, 5.74) is 5.52. The smallest absolute Gasteiger partial charge is 0.175 e. The summed E-state index contributed by atoms with van der Waals surface area (Å²) < 4.78 is 1.89. The van der Waals surface area contributed by atoms with E-state index < -0.39 is 0 Å². The van der Waals surface area contributed by atoms with Gasteiger partial charge in [0.25, 0.3) is 0 Å². The lowest BCUT2D eigenvalue weighted by Crippen LogP contribution is -2.20. The SMILES string of the molecule is Cc1ccc(Cl)cc1NC(=S)Nc1c(C)nn(Cc2ccc(Cl)cc2Cl)c1C. The molecule has 0 radical (unpaired) electrons. The summed E-state index contributed by atoms with van der Waals surface area (Å²) in [7, 11) is 0. The van der Waals surface area contributed by atoms with E-state index in [1.165, 1.54) is 0 Å². The molecule has 28 heavy (non-hydrogen) atoms. The zero-order valence-corrected chi connectivity index (χ0v) is 18.7. The van der Waals surface area contributed by atoms with Gasteiger partial charge in [-0.05, 0) is 68.4 Å². The highest BCUT2D eigenvalue weighted by atomic mass is 35.5. The Labute approximate surface area is 184 Å². The van der Waals surface area contributed by atoms with Crippen LogP contribution in [-0.4, -0.2) is 14.9 Å². The molecule has 0 amide bonds. The summed E-state index contributed by atoms with van der Waals surface area (Å²) in [6.07, 6.45) is 0. The summed E-state index contributed by atoms with van der Waals surface area (Å²) in [6.45, 7) is 6.45. The van der Waals surface area contributed by atoms with E-state index in [1.54, 1.807) is 6.07 Å². The number of hydrogen-bond donors (Lipinski definition) is 2. The van der Waals surface area contributed by atoms with Crippen molar-refractivity contribution in [2.75, 3.05) is 10.6 Å². The van der Waals surface area contributed by atoms with E-state index in [-0.39, 0.29) is 0 Å². The number of benzene rings is 2. The summed E-state index contributed by atoms with van der Waals surface area (Å²) in [4.78, 5) is 0. The van der Waals surface area contributed by atoms with Gasteiger partial charge in [0, 0.05) is 20.8 Å². The zero-order valence-electron chi connectivity index (χ0n) is 15.6. The van der Waals surface area contributed by atoms with Gasteiger partial charge in [-0.3, -0.25) is 4.68 Å². The van der Waals surface area contributed by atoms with Gasteiger partial charge < -0.3 is 10.6 Å². The van der Waals surface area contributed by atoms with Crippen LogP contribution in [-0.2, 0) is 6.54 Å². The van der Waals surface area contributed by atoms with E-state index in [9.17, 15) is 0 Å². The molecule has 0 aliphatic heterocycles. The van der Waals surface area contributed by atoms with E-state index in [4.69, 9.17) is 47.0 Å². The number of nitrogens with zero attached hydrogens (tertiary/aromatic N) is 2. The van der Waals surface area contributed by atoms with Crippen molar-refractivity contribution in [1.29, 1.82) is 0 Å². The molecule has 2 aromatic carbocycles. The largest absolute Gasteiger partial charge is 0.332 e. The van der Waals surface area contributed by atoms with Gasteiger partial charge in [0.15, 0.2) is 5.11 Å². The topological polar surface area (TPSA) is 41.9 Å². The van der Waals surface area contributed by atoms with Gasteiger partial charge in [0.1, 0.15) is 0 Å². The lowest BCUT2D eigenvalue weighted by Gasteiger charge is -2.13. The van der Waals surface area contributed by atoms with Crippen LogP contribution in [0.1, 0.15) is 22.5 Å². The lowest BCUT2D eigenvalue weighted by molar-refractivity contribution is 0.659. The molecule has 3 aromatic rings. The fourth-order valence-electron chi connectivity index (χ4n) is 2.84. The van der Waals surface area contributed by atoms with Crippen molar-refractivity contribution in [3.8, 4) is 0 Å². The molecule has 8 heteroatoms. The van der Waals surface area contributed by atoms with Gasteiger partial charge in [0.2, 0.25) is 0 Å². The van der Waals surface area contributed by atoms with Crippen LogP contribution >= 0.6 is 47.0 Å². The first-order valence-electron chi connectivity index (χ1n) is 8.56. The number of halogens is 3. The normalized spacial score (nSPS) is 10.8. The maximum absolute atomic E-state index is 6.30. The Hall–Kier alpha value is -1.79. The third kappa shape index (κ3) is 4.78. The van der Waals surface area contributed by atoms with E-state index in [0.29, 0.717) is 26.7 Å². The number of aryl methyl sites for hydroxylation is 2. The molecule has 0 saturated carbocycles. The van der Waals surface area contributed by atoms with Crippen molar-refractivity contribution in [3.05, 3.63) is 74.0 Å². The van der Waals surface area contributed by atoms with Gasteiger partial charge >= 0.3 is 0 Å². The van der Waals surface area contributed by atoms with E-state index in [0.717, 1.165) is 33.9 Å². The van der Waals surface area contributed by atoms with Crippen LogP contribution in [0.2, 0.25) is 15.1 Å². The monoisotopic (exact) mass is 452 g/mol. The summed E-state index contributed by atoms with van der Waals surface area (Å²) >= 11 is 23.8. The molecule has 0 aliphatic carbocycles. The van der Waals surface area contributed by atoms with Crippen LogP contribution < -0.4 is 10.6 Å². The highest BCUT2D eigenvalue weighted by Gasteiger charge is 2.14. The predicted molar refractivity (Wildman–Crippen MR) is 123 cm³/mol. The molecule has 0 saturated heterocycles. The second-order valence-electron chi connectivity index (χ2n) is 6.48. The standard InChI is InChI=1S/C20H19Cl3N4S/c1-11-4-6-16(22)9-18(11)24-20(28)25-19-12(2)26-27(13(19)3)10-14-5-7-15(21)8-17(14)23/h4-9H,10H2,1-3H3,(H2,24,25,28). The van der Waals surface area contributed by atoms with Crippen molar-refractivity contribution in [3.63, 3.8) is 0 Å². The number of nitrogens with one attached hydrogen (secondary N) is 2. The third-order valence-corrected chi connectivity index (χ3v) is 5.43. The first-order valence-corrected chi connectivity index (χ1v) is 10.1. The molecular formula is C20H19Cl3N4S. The molecule has 0 fully saturated rings. The maximum Gasteiger partial charge on any atom is 0.175 e. The molecule has 1 heterocycles. The molecule has 0 spiro atoms. The quantitative estimate of drug-likeness (QED) is 0.435. The van der Waals surface area contributed by atoms with Gasteiger partial charge in [0.05, 0.1) is 23.6 Å². The summed E-state index contributed by atoms with van der Waals surface area (Å²) in [5, 5.41) is 13.4. The maximum atomic E-state index is 6.30. The van der Waals surface area contributed by atoms with E-state index in [1.807, 2.05) is 55.8 Å². The van der Waals surface area contributed by atoms with E-state index in [2.05, 4.69) is 15.7 Å². The van der Waals surface area contributed by atoms with Crippen LogP contribution in [0.25, 0.3) is 0 Å². The van der Waals surface area contributed by atoms with E-state index >= 15 is 0 Å². The molecule has 0 unspecified atom stereocenters. The van der Waals surface area contributed by atoms with Crippen molar-refractivity contribution in [2.24, 2.45) is 0 Å². The Balaban J connectivity index is 1.78. The Morgan fingerprint density at radius 3 is 2.39 bits per heavy atom. The Kier molecular flexibility index (Phi) is 6.50. The van der Waals surface area contributed by atoms with Gasteiger partial charge in [-0.15, -0.1) is 0 Å². The highest BCUT2D eigenvalue weighted by molar-refractivity contribution is 7.80. The minimum atomic E-state index is 0.473. The van der Waals surface area contributed by atoms with Crippen LogP contribution in [0.15, 0.2) is 36.4 Å². The fraction of sp³-hybridized carbons (Fsp3) is 0.200. The van der Waals surface area contributed by atoms with Crippen molar-refractivity contribution in [2.45, 2.75) is 27.3 Å². The van der Waals surface area contributed by atoms with Crippen molar-refractivity contribution in [1.82, 2.24) is 9.78 Å². The fourth-order valence-corrected chi connectivity index (χ4v) is 3.69. The number of anilines is 2. The first kappa shape index (κ1) is 20.9.